The zero-order valence-corrected chi connectivity index (χ0v) is 15.5. The number of ether oxygens (including phenoxy) is 1. The lowest BCUT2D eigenvalue weighted by molar-refractivity contribution is -0.385. The van der Waals surface area contributed by atoms with Crippen molar-refractivity contribution in [2.24, 2.45) is 0 Å². The molecular formula is C20H22N2O5. The summed E-state index contributed by atoms with van der Waals surface area (Å²) in [4.78, 5) is 34.7. The molecule has 0 saturated heterocycles. The van der Waals surface area contributed by atoms with Crippen LogP contribution in [0, 0.1) is 17.0 Å². The number of aryl methyl sites for hydroxylation is 1. The maximum Gasteiger partial charge on any atom is 0.338 e. The molecule has 0 spiro atoms. The van der Waals surface area contributed by atoms with Gasteiger partial charge >= 0.3 is 5.97 Å². The number of carbonyl (C=O) groups excluding carboxylic acids is 2. The largest absolute Gasteiger partial charge is 0.449 e. The molecule has 1 amide bonds. The van der Waals surface area contributed by atoms with E-state index in [4.69, 9.17) is 4.74 Å². The number of nitrogens with zero attached hydrogens (tertiary/aromatic N) is 1. The van der Waals surface area contributed by atoms with E-state index in [1.165, 1.54) is 32.0 Å². The lowest BCUT2D eigenvalue weighted by atomic mass is 10.0. The second kappa shape index (κ2) is 8.93. The van der Waals surface area contributed by atoms with Crippen molar-refractivity contribution in [2.75, 3.05) is 6.54 Å². The molecule has 2 rings (SSSR count). The van der Waals surface area contributed by atoms with Gasteiger partial charge in [0.05, 0.1) is 10.5 Å². The smallest absolute Gasteiger partial charge is 0.338 e. The van der Waals surface area contributed by atoms with Gasteiger partial charge in [-0.1, -0.05) is 37.3 Å². The highest BCUT2D eigenvalue weighted by molar-refractivity contribution is 5.92. The molecular weight excluding hydrogens is 348 g/mol. The minimum Gasteiger partial charge on any atom is -0.449 e. The number of nitrogens with one attached hydrogen (secondary N) is 1. The van der Waals surface area contributed by atoms with Crippen LogP contribution < -0.4 is 5.32 Å². The first-order valence-corrected chi connectivity index (χ1v) is 8.58. The molecule has 0 aliphatic carbocycles. The summed E-state index contributed by atoms with van der Waals surface area (Å²) in [5.41, 5.74) is 1.54. The second-order valence-electron chi connectivity index (χ2n) is 6.36. The van der Waals surface area contributed by atoms with Gasteiger partial charge in [-0.3, -0.25) is 14.9 Å². The van der Waals surface area contributed by atoms with Gasteiger partial charge in [-0.05, 0) is 37.5 Å². The first-order valence-electron chi connectivity index (χ1n) is 8.58. The molecule has 142 valence electrons. The molecule has 0 radical (unpaired) electrons. The van der Waals surface area contributed by atoms with Gasteiger partial charge in [-0.2, -0.15) is 0 Å². The fourth-order valence-corrected chi connectivity index (χ4v) is 2.57. The second-order valence-corrected chi connectivity index (χ2v) is 6.36. The Morgan fingerprint density at radius 1 is 1.15 bits per heavy atom. The summed E-state index contributed by atoms with van der Waals surface area (Å²) >= 11 is 0. The first kappa shape index (κ1) is 20.1. The average molecular weight is 370 g/mol. The maximum absolute atomic E-state index is 12.2. The lowest BCUT2D eigenvalue weighted by Gasteiger charge is -2.17. The monoisotopic (exact) mass is 370 g/mol. The highest BCUT2D eigenvalue weighted by Gasteiger charge is 2.21. The number of carbonyl (C=O) groups is 2. The third-order valence-corrected chi connectivity index (χ3v) is 4.23. The standard InChI is InChI=1S/C20H22N2O5/c1-13-11-17(9-10-18(13)22(25)26)20(24)27-15(3)19(23)21-12-14(2)16-7-5-4-6-8-16/h4-11,14-15H,12H2,1-3H3,(H,21,23)/t14-,15+/m1/s1. The molecule has 0 unspecified atom stereocenters. The Hall–Kier alpha value is -3.22. The summed E-state index contributed by atoms with van der Waals surface area (Å²) < 4.78 is 5.17. The van der Waals surface area contributed by atoms with Crippen LogP contribution in [0.15, 0.2) is 48.5 Å². The number of benzene rings is 2. The third-order valence-electron chi connectivity index (χ3n) is 4.23. The van der Waals surface area contributed by atoms with Crippen LogP contribution in [0.2, 0.25) is 0 Å². The molecule has 2 atom stereocenters. The normalized spacial score (nSPS) is 12.7. The Kier molecular flexibility index (Phi) is 6.65. The van der Waals surface area contributed by atoms with Crippen LogP contribution in [-0.4, -0.2) is 29.4 Å². The minimum absolute atomic E-state index is 0.0766. The van der Waals surface area contributed by atoms with Crippen molar-refractivity contribution < 1.29 is 19.2 Å². The van der Waals surface area contributed by atoms with Crippen molar-refractivity contribution in [1.82, 2.24) is 5.32 Å². The molecule has 0 aliphatic rings. The Labute approximate surface area is 157 Å². The van der Waals surface area contributed by atoms with Crippen molar-refractivity contribution in [3.63, 3.8) is 0 Å². The highest BCUT2D eigenvalue weighted by atomic mass is 16.6. The van der Waals surface area contributed by atoms with Crippen LogP contribution in [0.5, 0.6) is 0 Å². The Morgan fingerprint density at radius 3 is 2.41 bits per heavy atom. The Bertz CT molecular complexity index is 836. The van der Waals surface area contributed by atoms with Crippen molar-refractivity contribution in [2.45, 2.75) is 32.8 Å². The lowest BCUT2D eigenvalue weighted by Crippen LogP contribution is -2.37. The topological polar surface area (TPSA) is 98.5 Å². The zero-order chi connectivity index (χ0) is 20.0. The third kappa shape index (κ3) is 5.37. The number of hydrogen-bond acceptors (Lipinski definition) is 5. The summed E-state index contributed by atoms with van der Waals surface area (Å²) in [6.45, 7) is 5.43. The van der Waals surface area contributed by atoms with Crippen molar-refractivity contribution in [3.05, 3.63) is 75.3 Å². The van der Waals surface area contributed by atoms with Crippen molar-refractivity contribution in [3.8, 4) is 0 Å². The van der Waals surface area contributed by atoms with Gasteiger partial charge in [0.1, 0.15) is 0 Å². The molecule has 7 heteroatoms. The number of nitro benzene ring substituents is 1. The number of amides is 1. The highest BCUT2D eigenvalue weighted by Crippen LogP contribution is 2.19. The molecule has 0 heterocycles. The molecule has 1 N–H and O–H groups in total. The summed E-state index contributed by atoms with van der Waals surface area (Å²) in [6.07, 6.45) is -0.976. The molecule has 2 aromatic rings. The Morgan fingerprint density at radius 2 is 1.81 bits per heavy atom. The van der Waals surface area contributed by atoms with E-state index in [0.29, 0.717) is 12.1 Å². The van der Waals surface area contributed by atoms with E-state index in [0.717, 1.165) is 5.56 Å². The maximum atomic E-state index is 12.2. The summed E-state index contributed by atoms with van der Waals surface area (Å²) in [6, 6.07) is 13.7. The molecule has 2 aromatic carbocycles. The van der Waals surface area contributed by atoms with Gasteiger partial charge in [0.2, 0.25) is 0 Å². The van der Waals surface area contributed by atoms with E-state index in [2.05, 4.69) is 5.32 Å². The van der Waals surface area contributed by atoms with Crippen LogP contribution in [-0.2, 0) is 9.53 Å². The number of nitro groups is 1. The summed E-state index contributed by atoms with van der Waals surface area (Å²) in [5.74, 6) is -0.980. The van der Waals surface area contributed by atoms with E-state index >= 15 is 0 Å². The van der Waals surface area contributed by atoms with Gasteiger partial charge in [-0.15, -0.1) is 0 Å². The molecule has 7 nitrogen and oxygen atoms in total. The van der Waals surface area contributed by atoms with Crippen LogP contribution >= 0.6 is 0 Å². The summed E-state index contributed by atoms with van der Waals surface area (Å²) in [7, 11) is 0. The SMILES string of the molecule is Cc1cc(C(=O)O[C@@H](C)C(=O)NC[C@@H](C)c2ccccc2)ccc1[N+](=O)[O-]. The summed E-state index contributed by atoms with van der Waals surface area (Å²) in [5, 5.41) is 13.6. The minimum atomic E-state index is -0.976. The number of rotatable bonds is 7. The fourth-order valence-electron chi connectivity index (χ4n) is 2.57. The average Bonchev–Trinajstić information content (AvgIpc) is 2.65. The van der Waals surface area contributed by atoms with Crippen molar-refractivity contribution in [1.29, 1.82) is 0 Å². The molecule has 0 aromatic heterocycles. The predicted molar refractivity (Wildman–Crippen MR) is 101 cm³/mol. The quantitative estimate of drug-likeness (QED) is 0.458. The van der Waals surface area contributed by atoms with Crippen LogP contribution in [0.4, 0.5) is 5.69 Å². The molecule has 0 aliphatic heterocycles. The molecule has 27 heavy (non-hydrogen) atoms. The predicted octanol–water partition coefficient (Wildman–Crippen LogP) is 3.37. The van der Waals surface area contributed by atoms with E-state index in [1.807, 2.05) is 37.3 Å². The molecule has 0 fully saturated rings. The van der Waals surface area contributed by atoms with Gasteiger partial charge in [0, 0.05) is 18.2 Å². The Balaban J connectivity index is 1.91. The van der Waals surface area contributed by atoms with E-state index < -0.39 is 22.9 Å². The van der Waals surface area contributed by atoms with E-state index in [-0.39, 0.29) is 17.2 Å². The fraction of sp³-hybridized carbons (Fsp3) is 0.300. The van der Waals surface area contributed by atoms with E-state index in [9.17, 15) is 19.7 Å². The van der Waals surface area contributed by atoms with Gasteiger partial charge in [0.25, 0.3) is 11.6 Å². The van der Waals surface area contributed by atoms with Crippen LogP contribution in [0.25, 0.3) is 0 Å². The van der Waals surface area contributed by atoms with Gasteiger partial charge < -0.3 is 10.1 Å². The van der Waals surface area contributed by atoms with Gasteiger partial charge in [-0.25, -0.2) is 4.79 Å². The number of esters is 1. The van der Waals surface area contributed by atoms with E-state index in [1.54, 1.807) is 0 Å². The van der Waals surface area contributed by atoms with Crippen LogP contribution in [0.3, 0.4) is 0 Å². The van der Waals surface area contributed by atoms with Crippen LogP contribution in [0.1, 0.15) is 41.3 Å². The zero-order valence-electron chi connectivity index (χ0n) is 15.5. The van der Waals surface area contributed by atoms with Gasteiger partial charge in [0.15, 0.2) is 6.10 Å². The first-order chi connectivity index (χ1) is 12.8. The van der Waals surface area contributed by atoms with Crippen molar-refractivity contribution >= 4 is 17.6 Å². The molecule has 0 saturated carbocycles. The molecule has 0 bridgehead atoms. The number of hydrogen-bond donors (Lipinski definition) is 1.